The predicted octanol–water partition coefficient (Wildman–Crippen LogP) is 3.57. The number of nitrogens with zero attached hydrogens (tertiary/aromatic N) is 1. The first kappa shape index (κ1) is 17.6. The molecule has 0 spiro atoms. The SMILES string of the molecule is CC(=O)N(CC(=O)Nc1ccc(F)cc1F)c1ccc(C)c(C)c1. The van der Waals surface area contributed by atoms with E-state index in [2.05, 4.69) is 5.32 Å². The first-order chi connectivity index (χ1) is 11.3. The quantitative estimate of drug-likeness (QED) is 0.930. The van der Waals surface area contributed by atoms with Gasteiger partial charge in [0.15, 0.2) is 0 Å². The summed E-state index contributed by atoms with van der Waals surface area (Å²) in [5, 5.41) is 2.34. The number of amides is 2. The molecule has 0 aliphatic carbocycles. The molecule has 0 aromatic heterocycles. The lowest BCUT2D eigenvalue weighted by atomic mass is 10.1. The van der Waals surface area contributed by atoms with Crippen LogP contribution in [0.5, 0.6) is 0 Å². The second kappa shape index (κ2) is 7.21. The van der Waals surface area contributed by atoms with Crippen LogP contribution in [0.4, 0.5) is 20.2 Å². The molecule has 126 valence electrons. The maximum atomic E-state index is 13.6. The number of aryl methyl sites for hydroxylation is 2. The number of carbonyl (C=O) groups excluding carboxylic acids is 2. The fourth-order valence-corrected chi connectivity index (χ4v) is 2.20. The Balaban J connectivity index is 2.16. The van der Waals surface area contributed by atoms with Crippen LogP contribution < -0.4 is 10.2 Å². The zero-order chi connectivity index (χ0) is 17.9. The lowest BCUT2D eigenvalue weighted by Gasteiger charge is -2.21. The molecule has 0 fully saturated rings. The summed E-state index contributed by atoms with van der Waals surface area (Å²) in [6, 6.07) is 8.28. The summed E-state index contributed by atoms with van der Waals surface area (Å²) in [5.41, 5.74) is 2.51. The molecule has 2 amide bonds. The monoisotopic (exact) mass is 332 g/mol. The summed E-state index contributed by atoms with van der Waals surface area (Å²) < 4.78 is 26.5. The van der Waals surface area contributed by atoms with Crippen molar-refractivity contribution >= 4 is 23.2 Å². The van der Waals surface area contributed by atoms with Crippen molar-refractivity contribution in [1.29, 1.82) is 0 Å². The molecule has 2 aromatic rings. The molecule has 0 saturated heterocycles. The van der Waals surface area contributed by atoms with E-state index in [1.54, 1.807) is 6.07 Å². The molecule has 6 heteroatoms. The zero-order valence-corrected chi connectivity index (χ0v) is 13.7. The van der Waals surface area contributed by atoms with Crippen LogP contribution in [-0.2, 0) is 9.59 Å². The van der Waals surface area contributed by atoms with E-state index in [9.17, 15) is 18.4 Å². The van der Waals surface area contributed by atoms with Gasteiger partial charge >= 0.3 is 0 Å². The van der Waals surface area contributed by atoms with Crippen LogP contribution in [0.1, 0.15) is 18.1 Å². The summed E-state index contributed by atoms with van der Waals surface area (Å²) in [6.45, 7) is 4.93. The molecular weight excluding hydrogens is 314 g/mol. The van der Waals surface area contributed by atoms with Crippen LogP contribution in [0.2, 0.25) is 0 Å². The van der Waals surface area contributed by atoms with Crippen molar-refractivity contribution in [2.24, 2.45) is 0 Å². The average Bonchev–Trinajstić information content (AvgIpc) is 2.50. The van der Waals surface area contributed by atoms with Gasteiger partial charge in [-0.15, -0.1) is 0 Å². The molecule has 0 aliphatic rings. The van der Waals surface area contributed by atoms with E-state index >= 15 is 0 Å². The number of nitrogens with one attached hydrogen (secondary N) is 1. The van der Waals surface area contributed by atoms with Crippen LogP contribution in [0.3, 0.4) is 0 Å². The maximum Gasteiger partial charge on any atom is 0.244 e. The Bertz CT molecular complexity index is 791. The third-order valence-corrected chi connectivity index (χ3v) is 3.69. The van der Waals surface area contributed by atoms with Crippen molar-refractivity contribution in [2.75, 3.05) is 16.8 Å². The summed E-state index contributed by atoms with van der Waals surface area (Å²) in [6.07, 6.45) is 0. The fourth-order valence-electron chi connectivity index (χ4n) is 2.20. The largest absolute Gasteiger partial charge is 0.322 e. The number of hydrogen-bond donors (Lipinski definition) is 1. The van der Waals surface area contributed by atoms with Crippen molar-refractivity contribution in [3.63, 3.8) is 0 Å². The van der Waals surface area contributed by atoms with Gasteiger partial charge in [0.1, 0.15) is 18.2 Å². The fraction of sp³-hybridized carbons (Fsp3) is 0.222. The Hall–Kier alpha value is -2.76. The number of rotatable bonds is 4. The Morgan fingerprint density at radius 1 is 1.04 bits per heavy atom. The lowest BCUT2D eigenvalue weighted by molar-refractivity contribution is -0.120. The highest BCUT2D eigenvalue weighted by Crippen LogP contribution is 2.20. The van der Waals surface area contributed by atoms with E-state index in [1.807, 2.05) is 26.0 Å². The predicted molar refractivity (Wildman–Crippen MR) is 88.9 cm³/mol. The highest BCUT2D eigenvalue weighted by molar-refractivity contribution is 6.01. The number of benzene rings is 2. The molecule has 0 heterocycles. The van der Waals surface area contributed by atoms with E-state index < -0.39 is 17.5 Å². The van der Waals surface area contributed by atoms with Gasteiger partial charge in [-0.3, -0.25) is 9.59 Å². The van der Waals surface area contributed by atoms with E-state index in [0.717, 1.165) is 23.3 Å². The Kier molecular flexibility index (Phi) is 5.28. The number of hydrogen-bond acceptors (Lipinski definition) is 2. The van der Waals surface area contributed by atoms with Gasteiger partial charge in [0.25, 0.3) is 0 Å². The molecule has 0 atom stereocenters. The van der Waals surface area contributed by atoms with Gasteiger partial charge in [-0.25, -0.2) is 8.78 Å². The van der Waals surface area contributed by atoms with Crippen molar-refractivity contribution < 1.29 is 18.4 Å². The number of halogens is 2. The molecule has 0 radical (unpaired) electrons. The van der Waals surface area contributed by atoms with Gasteiger partial charge in [-0.1, -0.05) is 6.07 Å². The van der Waals surface area contributed by atoms with Gasteiger partial charge in [-0.2, -0.15) is 0 Å². The van der Waals surface area contributed by atoms with E-state index in [4.69, 9.17) is 0 Å². The zero-order valence-electron chi connectivity index (χ0n) is 13.7. The first-order valence-electron chi connectivity index (χ1n) is 7.38. The van der Waals surface area contributed by atoms with Crippen LogP contribution in [0.25, 0.3) is 0 Å². The summed E-state index contributed by atoms with van der Waals surface area (Å²) in [4.78, 5) is 25.3. The molecule has 4 nitrogen and oxygen atoms in total. The normalized spacial score (nSPS) is 10.4. The van der Waals surface area contributed by atoms with Crippen LogP contribution >= 0.6 is 0 Å². The third kappa shape index (κ3) is 4.16. The molecule has 0 unspecified atom stereocenters. The molecule has 0 aliphatic heterocycles. The van der Waals surface area contributed by atoms with Crippen molar-refractivity contribution in [2.45, 2.75) is 20.8 Å². The lowest BCUT2D eigenvalue weighted by Crippen LogP contribution is -2.36. The molecule has 0 bridgehead atoms. The second-order valence-electron chi connectivity index (χ2n) is 5.55. The maximum absolute atomic E-state index is 13.6. The Morgan fingerprint density at radius 3 is 2.33 bits per heavy atom. The first-order valence-corrected chi connectivity index (χ1v) is 7.38. The van der Waals surface area contributed by atoms with E-state index in [-0.39, 0.29) is 18.1 Å². The Morgan fingerprint density at radius 2 is 1.75 bits per heavy atom. The van der Waals surface area contributed by atoms with Crippen molar-refractivity contribution in [1.82, 2.24) is 0 Å². The molecular formula is C18H18F2N2O2. The minimum Gasteiger partial charge on any atom is -0.322 e. The van der Waals surface area contributed by atoms with Gasteiger partial charge in [0, 0.05) is 18.7 Å². The standard InChI is InChI=1S/C18H18F2N2O2/c1-11-4-6-15(8-12(11)2)22(13(3)23)10-18(24)21-17-7-5-14(19)9-16(17)20/h4-9H,10H2,1-3H3,(H,21,24). The van der Waals surface area contributed by atoms with E-state index in [0.29, 0.717) is 11.8 Å². The number of carbonyl (C=O) groups is 2. The Labute approximate surface area is 139 Å². The highest BCUT2D eigenvalue weighted by atomic mass is 19.1. The van der Waals surface area contributed by atoms with E-state index in [1.165, 1.54) is 11.8 Å². The second-order valence-corrected chi connectivity index (χ2v) is 5.55. The minimum absolute atomic E-state index is 0.134. The third-order valence-electron chi connectivity index (χ3n) is 3.69. The van der Waals surface area contributed by atoms with Crippen LogP contribution in [-0.4, -0.2) is 18.4 Å². The van der Waals surface area contributed by atoms with Gasteiger partial charge < -0.3 is 10.2 Å². The summed E-state index contributed by atoms with van der Waals surface area (Å²) in [7, 11) is 0. The topological polar surface area (TPSA) is 49.4 Å². The van der Waals surface area contributed by atoms with Crippen molar-refractivity contribution in [3.8, 4) is 0 Å². The molecule has 1 N–H and O–H groups in total. The summed E-state index contributed by atoms with van der Waals surface area (Å²) in [5.74, 6) is -2.49. The summed E-state index contributed by atoms with van der Waals surface area (Å²) >= 11 is 0. The highest BCUT2D eigenvalue weighted by Gasteiger charge is 2.17. The molecule has 24 heavy (non-hydrogen) atoms. The van der Waals surface area contributed by atoms with Gasteiger partial charge in [0.05, 0.1) is 5.69 Å². The van der Waals surface area contributed by atoms with Crippen LogP contribution in [0.15, 0.2) is 36.4 Å². The van der Waals surface area contributed by atoms with Crippen LogP contribution in [0, 0.1) is 25.5 Å². The molecule has 0 saturated carbocycles. The molecule has 2 aromatic carbocycles. The smallest absolute Gasteiger partial charge is 0.244 e. The number of anilines is 2. The minimum atomic E-state index is -0.871. The van der Waals surface area contributed by atoms with Crippen molar-refractivity contribution in [3.05, 3.63) is 59.2 Å². The average molecular weight is 332 g/mol. The van der Waals surface area contributed by atoms with Gasteiger partial charge in [-0.05, 0) is 49.2 Å². The van der Waals surface area contributed by atoms with Gasteiger partial charge in [0.2, 0.25) is 11.8 Å². The molecule has 2 rings (SSSR count).